The van der Waals surface area contributed by atoms with Crippen molar-refractivity contribution in [2.75, 3.05) is 52.4 Å². The molecule has 1 atom stereocenters. The van der Waals surface area contributed by atoms with Crippen LogP contribution >= 0.6 is 0 Å². The van der Waals surface area contributed by atoms with Gasteiger partial charge in [-0.15, -0.1) is 0 Å². The van der Waals surface area contributed by atoms with Crippen molar-refractivity contribution in [2.45, 2.75) is 46.1 Å². The highest BCUT2D eigenvalue weighted by molar-refractivity contribution is 5.82. The number of aromatic nitrogens is 2. The van der Waals surface area contributed by atoms with Crippen LogP contribution < -0.4 is 5.32 Å². The molecule has 0 bridgehead atoms. The number of rotatable bonds is 6. The summed E-state index contributed by atoms with van der Waals surface area (Å²) in [6.45, 7) is 13.2. The molecule has 2 aliphatic rings. The normalized spacial score (nSPS) is 19.0. The number of aryl methyl sites for hydroxylation is 1. The molecule has 2 saturated heterocycles. The maximum Gasteiger partial charge on any atom is 0.239 e. The van der Waals surface area contributed by atoms with Crippen LogP contribution in [0.5, 0.6) is 0 Å². The predicted octanol–water partition coefficient (Wildman–Crippen LogP) is 1.78. The maximum absolute atomic E-state index is 12.8. The van der Waals surface area contributed by atoms with Crippen LogP contribution in [-0.2, 0) is 11.2 Å². The van der Waals surface area contributed by atoms with E-state index in [2.05, 4.69) is 58.6 Å². The molecule has 0 aromatic carbocycles. The highest BCUT2D eigenvalue weighted by Gasteiger charge is 2.30. The van der Waals surface area contributed by atoms with Crippen molar-refractivity contribution in [3.63, 3.8) is 0 Å². The van der Waals surface area contributed by atoms with Crippen LogP contribution in [0.4, 0.5) is 0 Å². The number of hydrogen-bond donors (Lipinski definition) is 1. The average Bonchev–Trinajstić information content (AvgIpc) is 3.48. The molecule has 4 heterocycles. The van der Waals surface area contributed by atoms with E-state index < -0.39 is 0 Å². The van der Waals surface area contributed by atoms with Gasteiger partial charge in [0.25, 0.3) is 0 Å². The number of nitrogens with one attached hydrogen (secondary N) is 1. The minimum Gasteiger partial charge on any atom is -0.357 e. The van der Waals surface area contributed by atoms with Crippen molar-refractivity contribution in [3.8, 4) is 0 Å². The molecule has 1 amide bonds. The summed E-state index contributed by atoms with van der Waals surface area (Å²) in [7, 11) is 0. The standard InChI is InChI=1S/C24H37N7O/c1-4-25-24(26-10-9-21-18-31-13-7-8-19(2)22(31)27-21)30-16-14-28(15-17-30)20(3)23(32)29-11-5-6-12-29/h7-8,13,18,20H,4-6,9-12,14-17H2,1-3H3,(H,25,26). The summed E-state index contributed by atoms with van der Waals surface area (Å²) in [6, 6.07) is 4.11. The number of pyridine rings is 1. The summed E-state index contributed by atoms with van der Waals surface area (Å²) in [5, 5.41) is 3.44. The van der Waals surface area contributed by atoms with Crippen molar-refractivity contribution >= 4 is 17.5 Å². The van der Waals surface area contributed by atoms with Gasteiger partial charge >= 0.3 is 0 Å². The lowest BCUT2D eigenvalue weighted by Crippen LogP contribution is -2.57. The smallest absolute Gasteiger partial charge is 0.239 e. The number of guanidine groups is 1. The zero-order valence-electron chi connectivity index (χ0n) is 19.8. The highest BCUT2D eigenvalue weighted by Crippen LogP contribution is 2.14. The largest absolute Gasteiger partial charge is 0.357 e. The summed E-state index contributed by atoms with van der Waals surface area (Å²) in [5.41, 5.74) is 3.27. The second-order valence-electron chi connectivity index (χ2n) is 8.87. The van der Waals surface area contributed by atoms with Crippen molar-refractivity contribution in [2.24, 2.45) is 4.99 Å². The quantitative estimate of drug-likeness (QED) is 0.549. The molecule has 8 nitrogen and oxygen atoms in total. The van der Waals surface area contributed by atoms with Crippen LogP contribution in [0.2, 0.25) is 0 Å². The van der Waals surface area contributed by atoms with E-state index in [0.29, 0.717) is 12.5 Å². The molecule has 2 aromatic heterocycles. The van der Waals surface area contributed by atoms with Crippen molar-refractivity contribution in [1.29, 1.82) is 0 Å². The van der Waals surface area contributed by atoms with Crippen LogP contribution in [0.3, 0.4) is 0 Å². The van der Waals surface area contributed by atoms with E-state index in [4.69, 9.17) is 9.98 Å². The average molecular weight is 440 g/mol. The summed E-state index contributed by atoms with van der Waals surface area (Å²) < 4.78 is 2.09. The van der Waals surface area contributed by atoms with Crippen molar-refractivity contribution < 1.29 is 4.79 Å². The lowest BCUT2D eigenvalue weighted by Gasteiger charge is -2.39. The zero-order valence-corrected chi connectivity index (χ0v) is 19.8. The van der Waals surface area contributed by atoms with E-state index in [1.807, 2.05) is 11.1 Å². The number of amides is 1. The van der Waals surface area contributed by atoms with E-state index in [1.165, 1.54) is 5.56 Å². The molecule has 1 N–H and O–H groups in total. The molecule has 174 valence electrons. The third-order valence-corrected chi connectivity index (χ3v) is 6.63. The molecule has 0 radical (unpaired) electrons. The number of aliphatic imine (C=N–C) groups is 1. The van der Waals surface area contributed by atoms with Gasteiger partial charge in [-0.3, -0.25) is 14.7 Å². The first-order valence-electron chi connectivity index (χ1n) is 12.1. The fraction of sp³-hybridized carbons (Fsp3) is 0.625. The summed E-state index contributed by atoms with van der Waals surface area (Å²) >= 11 is 0. The number of carbonyl (C=O) groups excluding carboxylic acids is 1. The third-order valence-electron chi connectivity index (χ3n) is 6.63. The number of fused-ring (bicyclic) bond motifs is 1. The molecular formula is C24H37N7O. The SMILES string of the molecule is CCNC(=NCCc1cn2cccc(C)c2n1)N1CCN(C(C)C(=O)N2CCCC2)CC1. The minimum absolute atomic E-state index is 0.0340. The monoisotopic (exact) mass is 439 g/mol. The van der Waals surface area contributed by atoms with Gasteiger partial charge in [-0.1, -0.05) is 6.07 Å². The van der Waals surface area contributed by atoms with E-state index in [9.17, 15) is 4.79 Å². The van der Waals surface area contributed by atoms with E-state index >= 15 is 0 Å². The molecule has 4 rings (SSSR count). The van der Waals surface area contributed by atoms with E-state index in [1.54, 1.807) is 0 Å². The lowest BCUT2D eigenvalue weighted by molar-refractivity contribution is -0.135. The molecule has 0 saturated carbocycles. The Morgan fingerprint density at radius 2 is 1.91 bits per heavy atom. The number of hydrogen-bond acceptors (Lipinski definition) is 4. The Morgan fingerprint density at radius 3 is 2.59 bits per heavy atom. The van der Waals surface area contributed by atoms with Gasteiger partial charge in [0.05, 0.1) is 11.7 Å². The van der Waals surface area contributed by atoms with Gasteiger partial charge in [-0.25, -0.2) is 4.98 Å². The minimum atomic E-state index is -0.0340. The predicted molar refractivity (Wildman–Crippen MR) is 128 cm³/mol. The second-order valence-corrected chi connectivity index (χ2v) is 8.87. The molecule has 0 aliphatic carbocycles. The van der Waals surface area contributed by atoms with Crippen LogP contribution in [0, 0.1) is 6.92 Å². The third kappa shape index (κ3) is 5.06. The maximum atomic E-state index is 12.8. The number of nitrogens with zero attached hydrogens (tertiary/aromatic N) is 6. The van der Waals surface area contributed by atoms with Gasteiger partial charge in [0.1, 0.15) is 5.65 Å². The molecule has 8 heteroatoms. The van der Waals surface area contributed by atoms with Crippen molar-refractivity contribution in [1.82, 2.24) is 29.4 Å². The first kappa shape index (κ1) is 22.6. The van der Waals surface area contributed by atoms with Crippen LogP contribution in [-0.4, -0.2) is 94.4 Å². The Hall–Kier alpha value is -2.61. The first-order valence-corrected chi connectivity index (χ1v) is 12.1. The van der Waals surface area contributed by atoms with E-state index in [-0.39, 0.29) is 6.04 Å². The van der Waals surface area contributed by atoms with Gasteiger partial charge in [-0.2, -0.15) is 0 Å². The number of imidazole rings is 1. The van der Waals surface area contributed by atoms with Gasteiger partial charge < -0.3 is 19.5 Å². The molecule has 2 aliphatic heterocycles. The molecule has 0 spiro atoms. The summed E-state index contributed by atoms with van der Waals surface area (Å²) in [4.78, 5) is 29.1. The molecule has 2 fully saturated rings. The van der Waals surface area contributed by atoms with Gasteiger partial charge in [0.2, 0.25) is 5.91 Å². The Bertz CT molecular complexity index is 939. The first-order chi connectivity index (χ1) is 15.6. The lowest BCUT2D eigenvalue weighted by atomic mass is 10.2. The van der Waals surface area contributed by atoms with Crippen molar-refractivity contribution in [3.05, 3.63) is 35.8 Å². The molecule has 32 heavy (non-hydrogen) atoms. The highest BCUT2D eigenvalue weighted by atomic mass is 16.2. The van der Waals surface area contributed by atoms with Gasteiger partial charge in [0, 0.05) is 71.2 Å². The Labute approximate surface area is 191 Å². The number of likely N-dealkylation sites (tertiary alicyclic amines) is 1. The summed E-state index contributed by atoms with van der Waals surface area (Å²) in [5.74, 6) is 1.25. The fourth-order valence-electron chi connectivity index (χ4n) is 4.71. The Morgan fingerprint density at radius 1 is 1.16 bits per heavy atom. The van der Waals surface area contributed by atoms with Crippen LogP contribution in [0.25, 0.3) is 5.65 Å². The van der Waals surface area contributed by atoms with Gasteiger partial charge in [-0.05, 0) is 45.2 Å². The topological polar surface area (TPSA) is 68.5 Å². The summed E-state index contributed by atoms with van der Waals surface area (Å²) in [6.07, 6.45) is 7.24. The second kappa shape index (κ2) is 10.3. The molecular weight excluding hydrogens is 402 g/mol. The Kier molecular flexibility index (Phi) is 7.29. The Balaban J connectivity index is 1.32. The van der Waals surface area contributed by atoms with E-state index in [0.717, 1.165) is 82.4 Å². The zero-order chi connectivity index (χ0) is 22.5. The van der Waals surface area contributed by atoms with Crippen LogP contribution in [0.1, 0.15) is 37.9 Å². The van der Waals surface area contributed by atoms with Gasteiger partial charge in [0.15, 0.2) is 5.96 Å². The number of carbonyl (C=O) groups is 1. The number of piperazine rings is 1. The molecule has 2 aromatic rings. The van der Waals surface area contributed by atoms with Crippen LogP contribution in [0.15, 0.2) is 29.5 Å². The molecule has 1 unspecified atom stereocenters. The fourth-order valence-corrected chi connectivity index (χ4v) is 4.71.